The lowest BCUT2D eigenvalue weighted by Crippen LogP contribution is -2.39. The number of hydrogen-bond donors (Lipinski definition) is 1. The van der Waals surface area contributed by atoms with Gasteiger partial charge in [-0.2, -0.15) is 0 Å². The van der Waals surface area contributed by atoms with Crippen LogP contribution in [0.3, 0.4) is 0 Å². The summed E-state index contributed by atoms with van der Waals surface area (Å²) in [7, 11) is 0. The van der Waals surface area contributed by atoms with Crippen LogP contribution >= 0.6 is 0 Å². The summed E-state index contributed by atoms with van der Waals surface area (Å²) in [6.45, 7) is 7.59. The Labute approximate surface area is 119 Å². The summed E-state index contributed by atoms with van der Waals surface area (Å²) in [5.41, 5.74) is 0. The van der Waals surface area contributed by atoms with E-state index >= 15 is 0 Å². The lowest BCUT2D eigenvalue weighted by molar-refractivity contribution is 0.158. The van der Waals surface area contributed by atoms with Crippen LogP contribution in [0.25, 0.3) is 0 Å². The Morgan fingerprint density at radius 3 is 2.79 bits per heavy atom. The van der Waals surface area contributed by atoms with Gasteiger partial charge >= 0.3 is 0 Å². The molecule has 0 spiro atoms. The van der Waals surface area contributed by atoms with Gasteiger partial charge in [0.25, 0.3) is 0 Å². The van der Waals surface area contributed by atoms with Crippen LogP contribution in [0.1, 0.15) is 58.3 Å². The molecule has 0 aromatic heterocycles. The molecular weight excluding hydrogens is 232 g/mol. The van der Waals surface area contributed by atoms with Crippen LogP contribution in [0.5, 0.6) is 0 Å². The molecule has 0 radical (unpaired) electrons. The number of likely N-dealkylation sites (tertiary alicyclic amines) is 1. The quantitative estimate of drug-likeness (QED) is 0.741. The van der Waals surface area contributed by atoms with E-state index in [9.17, 15) is 0 Å². The van der Waals surface area contributed by atoms with Crippen LogP contribution in [0.4, 0.5) is 0 Å². The fourth-order valence-corrected chi connectivity index (χ4v) is 4.81. The molecule has 0 aromatic rings. The third-order valence-electron chi connectivity index (χ3n) is 6.03. The topological polar surface area (TPSA) is 15.3 Å². The Morgan fingerprint density at radius 2 is 2.05 bits per heavy atom. The number of piperidine rings is 1. The van der Waals surface area contributed by atoms with Gasteiger partial charge in [-0.3, -0.25) is 0 Å². The highest BCUT2D eigenvalue weighted by molar-refractivity contribution is 4.90. The average Bonchev–Trinajstić information content (AvgIpc) is 3.03. The third-order valence-corrected chi connectivity index (χ3v) is 6.03. The summed E-state index contributed by atoms with van der Waals surface area (Å²) in [6.07, 6.45) is 11.8. The number of fused-ring (bicyclic) bond motifs is 2. The Morgan fingerprint density at radius 1 is 1.11 bits per heavy atom. The van der Waals surface area contributed by atoms with Gasteiger partial charge in [-0.1, -0.05) is 12.8 Å². The van der Waals surface area contributed by atoms with E-state index in [1.807, 2.05) is 0 Å². The van der Waals surface area contributed by atoms with Crippen LogP contribution < -0.4 is 5.32 Å². The van der Waals surface area contributed by atoms with Crippen molar-refractivity contribution in [3.63, 3.8) is 0 Å². The molecule has 2 bridgehead atoms. The molecule has 3 rings (SSSR count). The van der Waals surface area contributed by atoms with Gasteiger partial charge in [0.1, 0.15) is 0 Å². The Balaban J connectivity index is 1.25. The second kappa shape index (κ2) is 6.58. The Bertz CT molecular complexity index is 274. The number of nitrogens with one attached hydrogen (secondary N) is 1. The zero-order valence-corrected chi connectivity index (χ0v) is 12.7. The van der Waals surface area contributed by atoms with Gasteiger partial charge in [0, 0.05) is 6.04 Å². The average molecular weight is 264 g/mol. The molecule has 0 amide bonds. The van der Waals surface area contributed by atoms with E-state index in [1.54, 1.807) is 6.42 Å². The smallest absolute Gasteiger partial charge is 0.00669 e. The minimum atomic E-state index is 0.833. The molecule has 2 heteroatoms. The van der Waals surface area contributed by atoms with Gasteiger partial charge in [-0.15, -0.1) is 0 Å². The van der Waals surface area contributed by atoms with Crippen molar-refractivity contribution in [1.82, 2.24) is 10.2 Å². The van der Waals surface area contributed by atoms with Crippen LogP contribution in [0.2, 0.25) is 0 Å². The molecule has 1 saturated heterocycles. The van der Waals surface area contributed by atoms with Gasteiger partial charge < -0.3 is 10.2 Å². The molecule has 0 aromatic carbocycles. The predicted octanol–water partition coefficient (Wildman–Crippen LogP) is 3.28. The predicted molar refractivity (Wildman–Crippen MR) is 81.3 cm³/mol. The molecular formula is C17H32N2. The second-order valence-electron chi connectivity index (χ2n) is 7.37. The highest BCUT2D eigenvalue weighted by Crippen LogP contribution is 2.47. The van der Waals surface area contributed by atoms with E-state index in [0.717, 1.165) is 23.8 Å². The van der Waals surface area contributed by atoms with E-state index in [1.165, 1.54) is 71.1 Å². The molecule has 1 heterocycles. The minimum Gasteiger partial charge on any atom is -0.316 e. The summed E-state index contributed by atoms with van der Waals surface area (Å²) >= 11 is 0. The van der Waals surface area contributed by atoms with Crippen molar-refractivity contribution in [2.45, 2.75) is 64.3 Å². The molecule has 110 valence electrons. The molecule has 1 aliphatic heterocycles. The summed E-state index contributed by atoms with van der Waals surface area (Å²) in [5.74, 6) is 3.21. The van der Waals surface area contributed by atoms with Crippen molar-refractivity contribution in [3.8, 4) is 0 Å². The number of hydrogen-bond acceptors (Lipinski definition) is 2. The lowest BCUT2D eigenvalue weighted by Gasteiger charge is -2.33. The van der Waals surface area contributed by atoms with Gasteiger partial charge in [-0.25, -0.2) is 0 Å². The van der Waals surface area contributed by atoms with Gasteiger partial charge in [0.2, 0.25) is 0 Å². The largest absolute Gasteiger partial charge is 0.316 e. The van der Waals surface area contributed by atoms with Crippen molar-refractivity contribution in [1.29, 1.82) is 0 Å². The maximum Gasteiger partial charge on any atom is 0.00669 e. The fourth-order valence-electron chi connectivity index (χ4n) is 4.81. The highest BCUT2D eigenvalue weighted by Gasteiger charge is 2.38. The van der Waals surface area contributed by atoms with Crippen molar-refractivity contribution >= 4 is 0 Å². The molecule has 2 nitrogen and oxygen atoms in total. The molecule has 1 N–H and O–H groups in total. The second-order valence-corrected chi connectivity index (χ2v) is 7.37. The van der Waals surface area contributed by atoms with Crippen LogP contribution in [-0.4, -0.2) is 37.1 Å². The Hall–Kier alpha value is -0.0800. The van der Waals surface area contributed by atoms with Crippen molar-refractivity contribution in [3.05, 3.63) is 0 Å². The molecule has 19 heavy (non-hydrogen) atoms. The zero-order valence-electron chi connectivity index (χ0n) is 12.7. The first-order valence-electron chi connectivity index (χ1n) is 8.77. The molecule has 3 fully saturated rings. The van der Waals surface area contributed by atoms with Gasteiger partial charge in [0.15, 0.2) is 0 Å². The van der Waals surface area contributed by atoms with Crippen LogP contribution in [0.15, 0.2) is 0 Å². The molecule has 3 aliphatic rings. The summed E-state index contributed by atoms with van der Waals surface area (Å²) < 4.78 is 0. The first-order chi connectivity index (χ1) is 9.33. The lowest BCUT2D eigenvalue weighted by atomic mass is 9.89. The molecule has 2 aliphatic carbocycles. The maximum atomic E-state index is 3.74. The van der Waals surface area contributed by atoms with Crippen molar-refractivity contribution in [2.24, 2.45) is 17.8 Å². The summed E-state index contributed by atoms with van der Waals surface area (Å²) in [4.78, 5) is 2.70. The van der Waals surface area contributed by atoms with Crippen LogP contribution in [0, 0.1) is 17.8 Å². The van der Waals surface area contributed by atoms with E-state index in [0.29, 0.717) is 0 Å². The number of nitrogens with zero attached hydrogens (tertiary/aromatic N) is 1. The van der Waals surface area contributed by atoms with E-state index in [4.69, 9.17) is 0 Å². The molecule has 2 saturated carbocycles. The van der Waals surface area contributed by atoms with Crippen molar-refractivity contribution < 1.29 is 0 Å². The van der Waals surface area contributed by atoms with E-state index in [2.05, 4.69) is 17.1 Å². The molecule has 4 atom stereocenters. The normalized spacial score (nSPS) is 39.0. The number of rotatable bonds is 6. The monoisotopic (exact) mass is 264 g/mol. The first-order valence-corrected chi connectivity index (χ1v) is 8.77. The van der Waals surface area contributed by atoms with Crippen LogP contribution in [-0.2, 0) is 0 Å². The zero-order chi connectivity index (χ0) is 13.1. The fraction of sp³-hybridized carbons (Fsp3) is 1.00. The molecule has 4 unspecified atom stereocenters. The summed E-state index contributed by atoms with van der Waals surface area (Å²) in [5, 5.41) is 3.74. The van der Waals surface area contributed by atoms with E-state index < -0.39 is 0 Å². The summed E-state index contributed by atoms with van der Waals surface area (Å²) in [6, 6.07) is 0.833. The maximum absolute atomic E-state index is 3.74. The van der Waals surface area contributed by atoms with Gasteiger partial charge in [0.05, 0.1) is 0 Å². The minimum absolute atomic E-state index is 0.833. The highest BCUT2D eigenvalue weighted by atomic mass is 15.2. The SMILES string of the molecule is CC1CCCCN1CCCNCC1CC2CCC1C2. The third kappa shape index (κ3) is 3.52. The van der Waals surface area contributed by atoms with Gasteiger partial charge in [-0.05, 0) is 89.4 Å². The Kier molecular flexibility index (Phi) is 4.81. The van der Waals surface area contributed by atoms with Crippen molar-refractivity contribution in [2.75, 3.05) is 26.2 Å². The first kappa shape index (κ1) is 13.9. The van der Waals surface area contributed by atoms with E-state index in [-0.39, 0.29) is 0 Å². The standard InChI is InChI=1S/C17H32N2/c1-14-5-2-3-9-19(14)10-4-8-18-13-17-12-15-6-7-16(17)11-15/h14-18H,2-13H2,1H3.